The zero-order valence-corrected chi connectivity index (χ0v) is 42.9. The minimum Gasteiger partial charge on any atom is -0.461 e. The fraction of sp³-hybridized carbons (Fsp3) is 0.481. The Morgan fingerprint density at radius 2 is 1.51 bits per heavy atom. The molecule has 0 radical (unpaired) electrons. The molecule has 20 heteroatoms. The second kappa shape index (κ2) is 22.1. The fourth-order valence-corrected chi connectivity index (χ4v) is 11.3. The molecule has 1 heterocycles. The molecule has 2 unspecified atom stereocenters. The SMILES string of the molecule is CCNC(=O)O[C@@H](C(=O)O[C@H]1C[C@@]2(O)C(OC(=O)c3ccc(F)cc3)C3[C@](C)(C(=O)[C@H](OC(=O)CC)C(=C1C)C2(C)C)[C@@H](OC(=O)CCS)C[C@H]1OC[C@@]31OC(C)=O)[C@@H](NC(=O)c1ccccc1)c1ccccc1. The molecule has 0 spiro atoms. The normalized spacial score (nSPS) is 28.4. The van der Waals surface area contributed by atoms with Gasteiger partial charge in [-0.3, -0.25) is 24.0 Å². The fourth-order valence-electron chi connectivity index (χ4n) is 11.1. The minimum atomic E-state index is -2.58. The Labute approximate surface area is 432 Å². The summed E-state index contributed by atoms with van der Waals surface area (Å²) in [5, 5.41) is 19.4. The first kappa shape index (κ1) is 55.1. The number of ether oxygens (including phenoxy) is 7. The number of carbonyl (C=O) groups is 8. The van der Waals surface area contributed by atoms with Gasteiger partial charge in [-0.2, -0.15) is 12.6 Å². The smallest absolute Gasteiger partial charge is 0.408 e. The van der Waals surface area contributed by atoms with Crippen LogP contribution in [0, 0.1) is 22.6 Å². The highest BCUT2D eigenvalue weighted by Crippen LogP contribution is 2.65. The Balaban J connectivity index is 1.47. The molecule has 3 fully saturated rings. The van der Waals surface area contributed by atoms with Crippen LogP contribution in [0.5, 0.6) is 0 Å². The number of Topliss-reactive ketones (excluding diaryl/α,β-unsaturated/α-hetero) is 1. The zero-order chi connectivity index (χ0) is 53.9. The van der Waals surface area contributed by atoms with Crippen LogP contribution in [-0.4, -0.2) is 119 Å². The van der Waals surface area contributed by atoms with Crippen LogP contribution in [0.25, 0.3) is 0 Å². The van der Waals surface area contributed by atoms with E-state index in [9.17, 15) is 38.3 Å². The van der Waals surface area contributed by atoms with E-state index in [4.69, 9.17) is 33.2 Å². The van der Waals surface area contributed by atoms with Crippen LogP contribution in [-0.2, 0) is 57.1 Å². The van der Waals surface area contributed by atoms with Crippen molar-refractivity contribution >= 4 is 60.3 Å². The Hall–Kier alpha value is -6.64. The van der Waals surface area contributed by atoms with Crippen LogP contribution < -0.4 is 10.6 Å². The number of esters is 5. The largest absolute Gasteiger partial charge is 0.461 e. The predicted molar refractivity (Wildman–Crippen MR) is 263 cm³/mol. The minimum absolute atomic E-state index is 0.0480. The zero-order valence-electron chi connectivity index (χ0n) is 42.0. The molecule has 74 heavy (non-hydrogen) atoms. The number of ketones is 1. The van der Waals surface area contributed by atoms with Crippen LogP contribution in [0.3, 0.4) is 0 Å². The molecule has 1 aliphatic heterocycles. The van der Waals surface area contributed by atoms with Crippen molar-refractivity contribution in [2.45, 2.75) is 128 Å². The lowest BCUT2D eigenvalue weighted by Gasteiger charge is -2.67. The summed E-state index contributed by atoms with van der Waals surface area (Å²) in [6.07, 6.45) is -12.7. The van der Waals surface area contributed by atoms with Crippen molar-refractivity contribution in [3.05, 3.63) is 119 Å². The predicted octanol–water partition coefficient (Wildman–Crippen LogP) is 5.89. The van der Waals surface area contributed by atoms with Crippen molar-refractivity contribution in [2.75, 3.05) is 18.9 Å². The number of nitrogens with one attached hydrogen (secondary N) is 2. The molecule has 396 valence electrons. The van der Waals surface area contributed by atoms with Gasteiger partial charge in [0.05, 0.1) is 29.9 Å². The van der Waals surface area contributed by atoms with E-state index in [1.807, 2.05) is 0 Å². The molecule has 2 amide bonds. The maximum absolute atomic E-state index is 16.2. The molecular formula is C54H61FN2O16S. The molecule has 3 aliphatic carbocycles. The average Bonchev–Trinajstić information content (AvgIpc) is 3.36. The number of hydrogen-bond donors (Lipinski definition) is 4. The topological polar surface area (TPSA) is 245 Å². The quantitative estimate of drug-likeness (QED) is 0.0566. The third-order valence-corrected chi connectivity index (χ3v) is 15.1. The summed E-state index contributed by atoms with van der Waals surface area (Å²) in [6, 6.07) is 19.1. The maximum Gasteiger partial charge on any atom is 0.408 e. The van der Waals surface area contributed by atoms with Gasteiger partial charge in [0.1, 0.15) is 41.9 Å². The van der Waals surface area contributed by atoms with Gasteiger partial charge in [-0.25, -0.2) is 18.8 Å². The average molecular weight is 1050 g/mol. The third kappa shape index (κ3) is 10.3. The van der Waals surface area contributed by atoms with E-state index < -0.39 is 137 Å². The van der Waals surface area contributed by atoms with Crippen LogP contribution in [0.1, 0.15) is 106 Å². The van der Waals surface area contributed by atoms with E-state index in [0.29, 0.717) is 5.56 Å². The number of rotatable bonds is 16. The second-order valence-corrected chi connectivity index (χ2v) is 20.0. The first-order valence-electron chi connectivity index (χ1n) is 24.4. The highest BCUT2D eigenvalue weighted by atomic mass is 32.1. The van der Waals surface area contributed by atoms with Gasteiger partial charge < -0.3 is 48.9 Å². The summed E-state index contributed by atoms with van der Waals surface area (Å²) in [5.41, 5.74) is -8.21. The van der Waals surface area contributed by atoms with Gasteiger partial charge in [0.15, 0.2) is 17.5 Å². The van der Waals surface area contributed by atoms with E-state index in [0.717, 1.165) is 31.2 Å². The van der Waals surface area contributed by atoms with Gasteiger partial charge in [0.2, 0.25) is 6.10 Å². The molecule has 3 aromatic carbocycles. The molecule has 7 rings (SSSR count). The molecule has 3 N–H and O–H groups in total. The number of aliphatic hydroxyl groups is 1. The summed E-state index contributed by atoms with van der Waals surface area (Å²) >= 11 is 4.19. The summed E-state index contributed by atoms with van der Waals surface area (Å²) < 4.78 is 57.5. The number of hydrogen-bond acceptors (Lipinski definition) is 17. The van der Waals surface area contributed by atoms with Gasteiger partial charge in [-0.05, 0) is 73.9 Å². The first-order chi connectivity index (χ1) is 35.1. The Morgan fingerprint density at radius 3 is 2.09 bits per heavy atom. The molecule has 3 aromatic rings. The lowest BCUT2D eigenvalue weighted by molar-refractivity contribution is -0.346. The highest BCUT2D eigenvalue weighted by molar-refractivity contribution is 7.80. The number of fused-ring (bicyclic) bond motifs is 5. The van der Waals surface area contributed by atoms with Crippen molar-refractivity contribution < 1.29 is 81.0 Å². The van der Waals surface area contributed by atoms with E-state index in [2.05, 4.69) is 23.3 Å². The molecule has 0 aromatic heterocycles. The third-order valence-electron chi connectivity index (χ3n) is 14.9. The summed E-state index contributed by atoms with van der Waals surface area (Å²) in [4.78, 5) is 114. The Morgan fingerprint density at radius 1 is 0.865 bits per heavy atom. The van der Waals surface area contributed by atoms with Gasteiger partial charge in [-0.1, -0.05) is 69.3 Å². The summed E-state index contributed by atoms with van der Waals surface area (Å²) in [7, 11) is 0. The lowest BCUT2D eigenvalue weighted by Crippen LogP contribution is -2.82. The molecule has 2 saturated carbocycles. The Bertz CT molecular complexity index is 2690. The molecule has 11 atom stereocenters. The van der Waals surface area contributed by atoms with E-state index in [1.54, 1.807) is 55.5 Å². The monoisotopic (exact) mass is 1040 g/mol. The van der Waals surface area contributed by atoms with Gasteiger partial charge in [-0.15, -0.1) is 0 Å². The standard InChI is InChI=1S/C54H61FN2O16S/c1-8-38(59)70-42-40-29(3)35(68-49(64)43(71-50(65)56-9-2)41(31-16-12-10-13-17-31)57-47(62)32-18-14-11-15-19-32)27-54(66,51(40,5)6)46(72-48(63)33-20-22-34(55)23-21-33)44-52(7,45(42)61)36(69-39(60)24-25-74)26-37-53(44,28-67-37)73-30(4)58/h10-23,35-37,41-44,46,66,74H,8-9,24-28H2,1-7H3,(H,56,65)(H,57,62)/t35-,36-,37+,41-,42+,43+,44?,46?,52+,53-,54+/m0/s1. The van der Waals surface area contributed by atoms with Crippen molar-refractivity contribution in [1.82, 2.24) is 10.6 Å². The molecule has 2 bridgehead atoms. The number of benzene rings is 3. The number of carbonyl (C=O) groups excluding carboxylic acids is 8. The van der Waals surface area contributed by atoms with Crippen molar-refractivity contribution in [3.63, 3.8) is 0 Å². The number of amides is 2. The van der Waals surface area contributed by atoms with Gasteiger partial charge in [0.25, 0.3) is 5.91 Å². The molecule has 18 nitrogen and oxygen atoms in total. The second-order valence-electron chi connectivity index (χ2n) is 19.6. The van der Waals surface area contributed by atoms with Crippen LogP contribution >= 0.6 is 12.6 Å². The van der Waals surface area contributed by atoms with Crippen molar-refractivity contribution in [1.29, 1.82) is 0 Å². The van der Waals surface area contributed by atoms with Gasteiger partial charge in [0, 0.05) is 49.5 Å². The molecule has 4 aliphatic rings. The van der Waals surface area contributed by atoms with E-state index in [-0.39, 0.29) is 53.8 Å². The lowest BCUT2D eigenvalue weighted by atomic mass is 9.44. The number of alkyl carbamates (subject to hydrolysis) is 1. The summed E-state index contributed by atoms with van der Waals surface area (Å²) in [5.74, 6) is -8.85. The van der Waals surface area contributed by atoms with Crippen LogP contribution in [0.2, 0.25) is 0 Å². The van der Waals surface area contributed by atoms with E-state index in [1.165, 1.54) is 46.8 Å². The number of halogens is 1. The highest BCUT2D eigenvalue weighted by Gasteiger charge is 2.79. The molecule has 1 saturated heterocycles. The summed E-state index contributed by atoms with van der Waals surface area (Å²) in [6.45, 7) is 9.77. The first-order valence-corrected chi connectivity index (χ1v) is 25.0. The number of thiol groups is 1. The Kier molecular flexibility index (Phi) is 16.4. The van der Waals surface area contributed by atoms with Crippen molar-refractivity contribution in [2.24, 2.45) is 16.7 Å². The van der Waals surface area contributed by atoms with E-state index >= 15 is 9.59 Å². The van der Waals surface area contributed by atoms with Crippen molar-refractivity contribution in [3.8, 4) is 0 Å². The van der Waals surface area contributed by atoms with Crippen LogP contribution in [0.4, 0.5) is 9.18 Å². The van der Waals surface area contributed by atoms with Crippen LogP contribution in [0.15, 0.2) is 96.1 Å². The molecular weight excluding hydrogens is 984 g/mol. The maximum atomic E-state index is 16.2. The van der Waals surface area contributed by atoms with Gasteiger partial charge >= 0.3 is 35.9 Å².